The maximum atomic E-state index is 12.3. The third-order valence-electron chi connectivity index (χ3n) is 3.15. The number of benzene rings is 1. The Morgan fingerprint density at radius 2 is 2.23 bits per heavy atom. The zero-order chi connectivity index (χ0) is 16.4. The van der Waals surface area contributed by atoms with Gasteiger partial charge in [0.2, 0.25) is 5.91 Å². The normalized spacial score (nSPS) is 12.0. The van der Waals surface area contributed by atoms with Gasteiger partial charge in [-0.1, -0.05) is 11.6 Å². The van der Waals surface area contributed by atoms with Crippen molar-refractivity contribution >= 4 is 44.8 Å². The van der Waals surface area contributed by atoms with Gasteiger partial charge in [0, 0.05) is 12.1 Å². The monoisotopic (exact) mass is 386 g/mol. The molecule has 0 radical (unpaired) electrons. The Balaban J connectivity index is 2.23. The second-order valence-electron chi connectivity index (χ2n) is 4.61. The maximum Gasteiger partial charge on any atom is 0.271 e. The Morgan fingerprint density at radius 1 is 1.55 bits per heavy atom. The number of non-ortho nitro benzene ring substituents is 1. The molecule has 1 heterocycles. The van der Waals surface area contributed by atoms with Gasteiger partial charge >= 0.3 is 0 Å². The van der Waals surface area contributed by atoms with Crippen LogP contribution in [0.3, 0.4) is 0 Å². The number of rotatable bonds is 4. The van der Waals surface area contributed by atoms with Crippen molar-refractivity contribution in [3.05, 3.63) is 49.7 Å². The SMILES string of the molecule is Cc1c(Br)cnn1C(C)C(=O)Nc1cc([N+](=O)[O-])ccc1Cl. The summed E-state index contributed by atoms with van der Waals surface area (Å²) in [6.07, 6.45) is 1.60. The number of anilines is 1. The van der Waals surface area contributed by atoms with E-state index in [2.05, 4.69) is 26.3 Å². The van der Waals surface area contributed by atoms with Gasteiger partial charge in [-0.2, -0.15) is 5.10 Å². The van der Waals surface area contributed by atoms with E-state index in [1.54, 1.807) is 17.8 Å². The van der Waals surface area contributed by atoms with Crippen molar-refractivity contribution in [1.82, 2.24) is 9.78 Å². The lowest BCUT2D eigenvalue weighted by Gasteiger charge is -2.15. The minimum atomic E-state index is -0.596. The summed E-state index contributed by atoms with van der Waals surface area (Å²) in [5, 5.41) is 17.7. The van der Waals surface area contributed by atoms with Crippen LogP contribution in [0.5, 0.6) is 0 Å². The van der Waals surface area contributed by atoms with Crippen molar-refractivity contribution in [2.24, 2.45) is 0 Å². The summed E-state index contributed by atoms with van der Waals surface area (Å²) in [4.78, 5) is 22.5. The highest BCUT2D eigenvalue weighted by molar-refractivity contribution is 9.10. The number of aromatic nitrogens is 2. The van der Waals surface area contributed by atoms with Crippen molar-refractivity contribution in [2.75, 3.05) is 5.32 Å². The van der Waals surface area contributed by atoms with Crippen molar-refractivity contribution in [2.45, 2.75) is 19.9 Å². The standard InChI is InChI=1S/C13H12BrClN4O3/c1-7-10(14)6-16-18(7)8(2)13(20)17-12-5-9(19(21)22)3-4-11(12)15/h3-6,8H,1-2H3,(H,17,20). The van der Waals surface area contributed by atoms with Crippen molar-refractivity contribution in [3.63, 3.8) is 0 Å². The molecule has 0 aliphatic carbocycles. The zero-order valence-electron chi connectivity index (χ0n) is 11.7. The molecule has 0 aliphatic heterocycles. The highest BCUT2D eigenvalue weighted by atomic mass is 79.9. The predicted octanol–water partition coefficient (Wildman–Crippen LogP) is 3.72. The fourth-order valence-electron chi connectivity index (χ4n) is 1.86. The number of hydrogen-bond acceptors (Lipinski definition) is 4. The smallest absolute Gasteiger partial charge is 0.271 e. The largest absolute Gasteiger partial charge is 0.323 e. The van der Waals surface area contributed by atoms with E-state index in [0.717, 1.165) is 10.2 Å². The summed E-state index contributed by atoms with van der Waals surface area (Å²) in [6, 6.07) is 3.27. The van der Waals surface area contributed by atoms with Gasteiger partial charge in [0.15, 0.2) is 0 Å². The van der Waals surface area contributed by atoms with Crippen LogP contribution < -0.4 is 5.32 Å². The second kappa shape index (κ2) is 6.45. The maximum absolute atomic E-state index is 12.3. The summed E-state index contributed by atoms with van der Waals surface area (Å²) in [5.74, 6) is -0.374. The first-order valence-electron chi connectivity index (χ1n) is 6.25. The molecule has 0 bridgehead atoms. The van der Waals surface area contributed by atoms with Crippen LogP contribution in [-0.4, -0.2) is 20.6 Å². The number of carbonyl (C=O) groups is 1. The number of amides is 1. The molecule has 1 aromatic carbocycles. The van der Waals surface area contributed by atoms with E-state index in [4.69, 9.17) is 11.6 Å². The van der Waals surface area contributed by atoms with E-state index in [0.29, 0.717) is 0 Å². The highest BCUT2D eigenvalue weighted by Gasteiger charge is 2.20. The lowest BCUT2D eigenvalue weighted by atomic mass is 10.2. The first-order chi connectivity index (χ1) is 10.3. The van der Waals surface area contributed by atoms with E-state index < -0.39 is 11.0 Å². The molecule has 0 fully saturated rings. The lowest BCUT2D eigenvalue weighted by Crippen LogP contribution is -2.25. The molecule has 1 atom stereocenters. The Kier molecular flexibility index (Phi) is 4.82. The Morgan fingerprint density at radius 3 is 2.77 bits per heavy atom. The molecule has 0 saturated heterocycles. The lowest BCUT2D eigenvalue weighted by molar-refractivity contribution is -0.384. The Bertz CT molecular complexity index is 747. The Hall–Kier alpha value is -1.93. The minimum Gasteiger partial charge on any atom is -0.323 e. The van der Waals surface area contributed by atoms with Gasteiger partial charge in [0.05, 0.1) is 32.0 Å². The van der Waals surface area contributed by atoms with Crippen LogP contribution in [0.25, 0.3) is 0 Å². The molecule has 7 nitrogen and oxygen atoms in total. The van der Waals surface area contributed by atoms with Crippen LogP contribution >= 0.6 is 27.5 Å². The minimum absolute atomic E-state index is 0.148. The van der Waals surface area contributed by atoms with E-state index in [1.165, 1.54) is 18.2 Å². The number of nitrogens with one attached hydrogen (secondary N) is 1. The third-order valence-corrected chi connectivity index (χ3v) is 4.26. The second-order valence-corrected chi connectivity index (χ2v) is 5.87. The number of nitro benzene ring substituents is 1. The van der Waals surface area contributed by atoms with Gasteiger partial charge in [-0.25, -0.2) is 0 Å². The fraction of sp³-hybridized carbons (Fsp3) is 0.231. The molecule has 116 valence electrons. The van der Waals surface area contributed by atoms with E-state index >= 15 is 0 Å². The average molecular weight is 388 g/mol. The molecular weight excluding hydrogens is 376 g/mol. The van der Waals surface area contributed by atoms with Gasteiger partial charge in [-0.3, -0.25) is 19.6 Å². The quantitative estimate of drug-likeness (QED) is 0.639. The molecule has 22 heavy (non-hydrogen) atoms. The van der Waals surface area contributed by atoms with Crippen molar-refractivity contribution in [1.29, 1.82) is 0 Å². The van der Waals surface area contributed by atoms with Gasteiger partial charge < -0.3 is 5.32 Å². The molecule has 1 amide bonds. The summed E-state index contributed by atoms with van der Waals surface area (Å²) in [7, 11) is 0. The highest BCUT2D eigenvalue weighted by Crippen LogP contribution is 2.27. The molecule has 0 aliphatic rings. The fourth-order valence-corrected chi connectivity index (χ4v) is 2.30. The van der Waals surface area contributed by atoms with Crippen LogP contribution in [-0.2, 0) is 4.79 Å². The van der Waals surface area contributed by atoms with Gasteiger partial charge in [-0.15, -0.1) is 0 Å². The van der Waals surface area contributed by atoms with Crippen LogP contribution in [0, 0.1) is 17.0 Å². The first-order valence-corrected chi connectivity index (χ1v) is 7.42. The molecule has 0 saturated carbocycles. The van der Waals surface area contributed by atoms with E-state index in [1.807, 2.05) is 6.92 Å². The van der Waals surface area contributed by atoms with Gasteiger partial charge in [0.25, 0.3) is 5.69 Å². The topological polar surface area (TPSA) is 90.1 Å². The average Bonchev–Trinajstić information content (AvgIpc) is 2.80. The van der Waals surface area contributed by atoms with Gasteiger partial charge in [-0.05, 0) is 35.8 Å². The number of nitrogens with zero attached hydrogens (tertiary/aromatic N) is 3. The van der Waals surface area contributed by atoms with Gasteiger partial charge in [0.1, 0.15) is 6.04 Å². The van der Waals surface area contributed by atoms with Crippen LogP contribution in [0.4, 0.5) is 11.4 Å². The predicted molar refractivity (Wildman–Crippen MR) is 86.1 cm³/mol. The summed E-state index contributed by atoms with van der Waals surface area (Å²) < 4.78 is 2.34. The third kappa shape index (κ3) is 3.28. The summed E-state index contributed by atoms with van der Waals surface area (Å²) >= 11 is 9.29. The van der Waals surface area contributed by atoms with Crippen molar-refractivity contribution < 1.29 is 9.72 Å². The Labute approximate surface area is 139 Å². The molecule has 2 aromatic rings. The molecule has 1 N–H and O–H groups in total. The molecule has 1 unspecified atom stereocenters. The van der Waals surface area contributed by atoms with Crippen LogP contribution in [0.15, 0.2) is 28.9 Å². The molecular formula is C13H12BrClN4O3. The van der Waals surface area contributed by atoms with Crippen LogP contribution in [0.2, 0.25) is 5.02 Å². The van der Waals surface area contributed by atoms with Crippen molar-refractivity contribution in [3.8, 4) is 0 Å². The van der Waals surface area contributed by atoms with Crippen LogP contribution in [0.1, 0.15) is 18.7 Å². The number of hydrogen-bond donors (Lipinski definition) is 1. The molecule has 2 rings (SSSR count). The molecule has 0 spiro atoms. The number of carbonyl (C=O) groups excluding carboxylic acids is 1. The summed E-state index contributed by atoms with van der Waals surface area (Å²) in [5.41, 5.74) is 0.842. The van der Waals surface area contributed by atoms with E-state index in [-0.39, 0.29) is 22.3 Å². The molecule has 9 heteroatoms. The van der Waals surface area contributed by atoms with E-state index in [9.17, 15) is 14.9 Å². The zero-order valence-corrected chi connectivity index (χ0v) is 14.1. The number of nitro groups is 1. The number of halogens is 2. The summed E-state index contributed by atoms with van der Waals surface area (Å²) in [6.45, 7) is 3.49. The first kappa shape index (κ1) is 16.4. The molecule has 1 aromatic heterocycles.